The van der Waals surface area contributed by atoms with Crippen LogP contribution in [-0.4, -0.2) is 0 Å². The van der Waals surface area contributed by atoms with Gasteiger partial charge >= 0.3 is 0 Å². The normalized spacial score (nSPS) is 13.6. The first-order valence-corrected chi connectivity index (χ1v) is 19.2. The topological polar surface area (TPSA) is 13.1 Å². The van der Waals surface area contributed by atoms with E-state index in [2.05, 4.69) is 172 Å². The fourth-order valence-corrected chi connectivity index (χ4v) is 10.9. The first-order valence-electron chi connectivity index (χ1n) is 18.4. The highest BCUT2D eigenvalue weighted by Crippen LogP contribution is 2.57. The lowest BCUT2D eigenvalue weighted by atomic mass is 9.79. The number of furan rings is 1. The van der Waals surface area contributed by atoms with Gasteiger partial charge in [0, 0.05) is 41.7 Å². The molecular weight excluding hydrogens is 661 g/mol. The Morgan fingerprint density at radius 1 is 0.434 bits per heavy atom. The molecule has 248 valence electrons. The van der Waals surface area contributed by atoms with Gasteiger partial charge in [-0.3, -0.25) is 0 Å². The molecule has 2 heterocycles. The molecule has 0 atom stereocenters. The number of hydrogen-bond acceptors (Lipinski definition) is 2. The summed E-state index contributed by atoms with van der Waals surface area (Å²) in [6, 6.07) is 58.5. The summed E-state index contributed by atoms with van der Waals surface area (Å²) in [7, 11) is 0. The van der Waals surface area contributed by atoms with Crippen LogP contribution in [-0.2, 0) is 5.41 Å². The van der Waals surface area contributed by atoms with Crippen molar-refractivity contribution in [3.05, 3.63) is 169 Å². The Morgan fingerprint density at radius 2 is 0.943 bits per heavy atom. The Morgan fingerprint density at radius 3 is 1.62 bits per heavy atom. The maximum atomic E-state index is 6.66. The molecule has 1 aliphatic carbocycles. The van der Waals surface area contributed by atoms with Crippen molar-refractivity contribution in [1.29, 1.82) is 0 Å². The first kappa shape index (κ1) is 29.4. The summed E-state index contributed by atoms with van der Waals surface area (Å²) in [6.07, 6.45) is 0. The van der Waals surface area contributed by atoms with E-state index >= 15 is 0 Å². The van der Waals surface area contributed by atoms with Crippen LogP contribution < -0.4 is 0 Å². The molecule has 0 saturated carbocycles. The lowest BCUT2D eigenvalue weighted by molar-refractivity contribution is 0.659. The maximum Gasteiger partial charge on any atom is 0.143 e. The first-order chi connectivity index (χ1) is 26.1. The van der Waals surface area contributed by atoms with Gasteiger partial charge in [-0.25, -0.2) is 0 Å². The van der Waals surface area contributed by atoms with Crippen molar-refractivity contribution in [3.63, 3.8) is 0 Å². The zero-order valence-electron chi connectivity index (χ0n) is 29.3. The minimum absolute atomic E-state index is 0.211. The lowest BCUT2D eigenvalue weighted by Gasteiger charge is -2.23. The average Bonchev–Trinajstić information content (AvgIpc) is 3.84. The van der Waals surface area contributed by atoms with Gasteiger partial charge in [0.2, 0.25) is 0 Å². The highest BCUT2D eigenvalue weighted by molar-refractivity contribution is 7.25. The number of para-hydroxylation sites is 1. The van der Waals surface area contributed by atoms with Crippen molar-refractivity contribution < 1.29 is 4.42 Å². The second-order valence-electron chi connectivity index (χ2n) is 15.1. The van der Waals surface area contributed by atoms with Crippen LogP contribution in [0.3, 0.4) is 0 Å². The standard InChI is InChI=1S/C51H32OS/c1-51(2)41-26-24-29(27-40(41)47-37-18-7-8-19-38(37)50-48(49(47)51)39-20-9-11-21-42(39)52-50)45-33-14-3-5-16-35(33)46(36-17-6-4-15-34(36)45)30-23-25-32-31-13-10-12-22-43(31)53-44(32)28-30/h3-28H,1-2H3. The van der Waals surface area contributed by atoms with Gasteiger partial charge in [0.05, 0.1) is 0 Å². The molecule has 12 rings (SSSR count). The van der Waals surface area contributed by atoms with Crippen LogP contribution in [0, 0.1) is 0 Å². The Hall–Kier alpha value is -6.22. The van der Waals surface area contributed by atoms with Crippen LogP contribution >= 0.6 is 11.3 Å². The Kier molecular flexibility index (Phi) is 5.78. The van der Waals surface area contributed by atoms with Crippen LogP contribution in [0.1, 0.15) is 25.0 Å². The summed E-state index contributed by atoms with van der Waals surface area (Å²) in [5.74, 6) is 0. The quantitative estimate of drug-likeness (QED) is 0.164. The van der Waals surface area contributed by atoms with Gasteiger partial charge in [0.15, 0.2) is 0 Å². The highest BCUT2D eigenvalue weighted by atomic mass is 32.1. The number of benzene rings is 9. The fraction of sp³-hybridized carbons (Fsp3) is 0.0588. The molecule has 1 nitrogen and oxygen atoms in total. The van der Waals surface area contributed by atoms with Crippen molar-refractivity contribution in [2.45, 2.75) is 19.3 Å². The summed E-state index contributed by atoms with van der Waals surface area (Å²) in [6.45, 7) is 4.78. The molecule has 0 bridgehead atoms. The minimum atomic E-state index is -0.211. The third-order valence-corrected chi connectivity index (χ3v) is 13.1. The van der Waals surface area contributed by atoms with Gasteiger partial charge in [-0.05, 0) is 95.7 Å². The number of rotatable bonds is 2. The van der Waals surface area contributed by atoms with Gasteiger partial charge in [-0.2, -0.15) is 0 Å². The Labute approximate surface area is 310 Å². The number of hydrogen-bond donors (Lipinski definition) is 0. The fourth-order valence-electron chi connectivity index (χ4n) is 9.76. The van der Waals surface area contributed by atoms with E-state index in [1.54, 1.807) is 0 Å². The van der Waals surface area contributed by atoms with E-state index in [-0.39, 0.29) is 5.41 Å². The van der Waals surface area contributed by atoms with E-state index in [1.807, 2.05) is 11.3 Å². The zero-order chi connectivity index (χ0) is 35.0. The van der Waals surface area contributed by atoms with Crippen molar-refractivity contribution in [3.8, 4) is 33.4 Å². The van der Waals surface area contributed by atoms with Crippen LogP contribution in [0.5, 0.6) is 0 Å². The molecule has 0 saturated heterocycles. The molecule has 0 unspecified atom stereocenters. The summed E-state index contributed by atoms with van der Waals surface area (Å²) >= 11 is 1.88. The second kappa shape index (κ2) is 10.4. The van der Waals surface area contributed by atoms with Gasteiger partial charge in [-0.15, -0.1) is 11.3 Å². The smallest absolute Gasteiger partial charge is 0.143 e. The lowest BCUT2D eigenvalue weighted by Crippen LogP contribution is -2.15. The van der Waals surface area contributed by atoms with Crippen molar-refractivity contribution >= 4 is 85.8 Å². The maximum absolute atomic E-state index is 6.66. The van der Waals surface area contributed by atoms with Crippen molar-refractivity contribution in [1.82, 2.24) is 0 Å². The molecule has 2 heteroatoms. The average molecular weight is 693 g/mol. The highest BCUT2D eigenvalue weighted by Gasteiger charge is 2.40. The Balaban J connectivity index is 1.15. The minimum Gasteiger partial charge on any atom is -0.455 e. The largest absolute Gasteiger partial charge is 0.455 e. The molecule has 1 aliphatic rings. The summed E-state index contributed by atoms with van der Waals surface area (Å²) in [4.78, 5) is 0. The van der Waals surface area contributed by atoms with Crippen LogP contribution in [0.4, 0.5) is 0 Å². The van der Waals surface area contributed by atoms with Crippen LogP contribution in [0.2, 0.25) is 0 Å². The van der Waals surface area contributed by atoms with E-state index in [0.29, 0.717) is 0 Å². The molecule has 0 N–H and O–H groups in total. The van der Waals surface area contributed by atoms with E-state index in [0.717, 1.165) is 11.2 Å². The van der Waals surface area contributed by atoms with Crippen LogP contribution in [0.25, 0.3) is 108 Å². The molecule has 2 aromatic heterocycles. The van der Waals surface area contributed by atoms with Crippen LogP contribution in [0.15, 0.2) is 162 Å². The predicted octanol–water partition coefficient (Wildman–Crippen LogP) is 15.1. The molecule has 0 spiro atoms. The third-order valence-electron chi connectivity index (χ3n) is 12.0. The monoisotopic (exact) mass is 692 g/mol. The summed E-state index contributed by atoms with van der Waals surface area (Å²) < 4.78 is 9.32. The second-order valence-corrected chi connectivity index (χ2v) is 16.2. The third kappa shape index (κ3) is 3.86. The SMILES string of the molecule is CC1(C)c2ccc(-c3c4ccccc4c(-c4ccc5c(c4)sc4ccccc45)c4ccccc34)cc2-c2c1c1c3ccccc3oc1c1ccccc21. The molecule has 0 aliphatic heterocycles. The molecule has 0 radical (unpaired) electrons. The van der Waals surface area contributed by atoms with Gasteiger partial charge < -0.3 is 4.42 Å². The molecule has 0 amide bonds. The van der Waals surface area contributed by atoms with E-state index < -0.39 is 0 Å². The number of thiophene rings is 1. The van der Waals surface area contributed by atoms with E-state index in [1.165, 1.54) is 108 Å². The zero-order valence-corrected chi connectivity index (χ0v) is 30.1. The molecule has 53 heavy (non-hydrogen) atoms. The summed E-state index contributed by atoms with van der Waals surface area (Å²) in [5.41, 5.74) is 12.2. The molecule has 9 aromatic carbocycles. The van der Waals surface area contributed by atoms with Gasteiger partial charge in [-0.1, -0.05) is 147 Å². The van der Waals surface area contributed by atoms with Crippen molar-refractivity contribution in [2.75, 3.05) is 0 Å². The summed E-state index contributed by atoms with van der Waals surface area (Å²) in [5, 5.41) is 12.6. The van der Waals surface area contributed by atoms with E-state index in [4.69, 9.17) is 4.42 Å². The van der Waals surface area contributed by atoms with Gasteiger partial charge in [0.1, 0.15) is 11.2 Å². The Bertz CT molecular complexity index is 3320. The van der Waals surface area contributed by atoms with Gasteiger partial charge in [0.25, 0.3) is 0 Å². The predicted molar refractivity (Wildman–Crippen MR) is 228 cm³/mol. The van der Waals surface area contributed by atoms with Crippen molar-refractivity contribution in [2.24, 2.45) is 0 Å². The molecule has 0 fully saturated rings. The van der Waals surface area contributed by atoms with E-state index in [9.17, 15) is 0 Å². The molecule has 11 aromatic rings. The molecular formula is C51H32OS. The number of fused-ring (bicyclic) bond motifs is 15.